The van der Waals surface area contributed by atoms with E-state index in [1.807, 2.05) is 12.1 Å². The molecule has 0 bridgehead atoms. The molecule has 0 spiro atoms. The van der Waals surface area contributed by atoms with E-state index in [1.165, 1.54) is 81.3 Å². The van der Waals surface area contributed by atoms with E-state index >= 15 is 0 Å². The van der Waals surface area contributed by atoms with Gasteiger partial charge in [0.15, 0.2) is 0 Å². The molecule has 1 unspecified atom stereocenters. The summed E-state index contributed by atoms with van der Waals surface area (Å²) in [6.45, 7) is 2.28. The summed E-state index contributed by atoms with van der Waals surface area (Å²) in [7, 11) is 0.475. The number of nitriles is 1. The summed E-state index contributed by atoms with van der Waals surface area (Å²) >= 11 is 0. The molecule has 23 heavy (non-hydrogen) atoms. The van der Waals surface area contributed by atoms with Crippen molar-refractivity contribution in [2.75, 3.05) is 12.0 Å². The van der Waals surface area contributed by atoms with Crippen molar-refractivity contribution in [3.8, 4) is 6.07 Å². The summed E-state index contributed by atoms with van der Waals surface area (Å²) in [5, 5.41) is 8.82. The van der Waals surface area contributed by atoms with Crippen LogP contribution in [0.2, 0.25) is 0 Å². The molecule has 0 aliphatic carbocycles. The van der Waals surface area contributed by atoms with Crippen molar-refractivity contribution < 1.29 is 0 Å². The highest BCUT2D eigenvalue weighted by Gasteiger charge is 2.11. The van der Waals surface area contributed by atoms with Gasteiger partial charge < -0.3 is 0 Å². The molecule has 0 heterocycles. The van der Waals surface area contributed by atoms with Crippen LogP contribution in [-0.2, 0) is 16.6 Å². The maximum absolute atomic E-state index is 8.82. The van der Waals surface area contributed by atoms with Gasteiger partial charge in [-0.2, -0.15) is 5.26 Å². The Kier molecular flexibility index (Phi) is 11.8. The Morgan fingerprint density at radius 3 is 1.87 bits per heavy atom. The number of hydrogen-bond acceptors (Lipinski definition) is 1. The largest absolute Gasteiger partial charge is 0.192 e. The first-order valence-corrected chi connectivity index (χ1v) is 11.3. The van der Waals surface area contributed by atoms with Crippen molar-refractivity contribution in [1.29, 1.82) is 5.26 Å². The third kappa shape index (κ3) is 10.4. The van der Waals surface area contributed by atoms with Crippen LogP contribution in [0.3, 0.4) is 0 Å². The lowest BCUT2D eigenvalue weighted by Gasteiger charge is -2.05. The lowest BCUT2D eigenvalue weighted by atomic mass is 10.1. The Morgan fingerprint density at radius 1 is 0.826 bits per heavy atom. The molecular weight excluding hydrogens is 298 g/mol. The van der Waals surface area contributed by atoms with Gasteiger partial charge in [-0.1, -0.05) is 70.4 Å². The zero-order valence-corrected chi connectivity index (χ0v) is 16.0. The lowest BCUT2D eigenvalue weighted by molar-refractivity contribution is 0.563. The second-order valence-electron chi connectivity index (χ2n) is 6.62. The van der Waals surface area contributed by atoms with E-state index in [2.05, 4.69) is 31.4 Å². The lowest BCUT2D eigenvalue weighted by Crippen LogP contribution is -2.08. The fraction of sp³-hybridized carbons (Fsp3) is 0.667. The monoisotopic (exact) mass is 332 g/mol. The van der Waals surface area contributed by atoms with E-state index in [9.17, 15) is 0 Å². The third-order valence-electron chi connectivity index (χ3n) is 4.34. The van der Waals surface area contributed by atoms with Gasteiger partial charge in [0, 0.05) is 5.56 Å². The predicted molar refractivity (Wildman–Crippen MR) is 105 cm³/mol. The van der Waals surface area contributed by atoms with Gasteiger partial charge in [0.05, 0.1) is 17.9 Å². The van der Waals surface area contributed by atoms with Crippen LogP contribution in [0.5, 0.6) is 0 Å². The Labute approximate surface area is 146 Å². The fourth-order valence-corrected chi connectivity index (χ4v) is 4.47. The third-order valence-corrected chi connectivity index (χ3v) is 6.15. The van der Waals surface area contributed by atoms with Gasteiger partial charge in [0.2, 0.25) is 0 Å². The first-order chi connectivity index (χ1) is 11.3. The number of hydrogen-bond donors (Lipinski definition) is 0. The summed E-state index contributed by atoms with van der Waals surface area (Å²) in [4.78, 5) is 0. The normalized spacial score (nSPS) is 12.0. The summed E-state index contributed by atoms with van der Waals surface area (Å²) in [5.74, 6) is 2.53. The van der Waals surface area contributed by atoms with E-state index < -0.39 is 0 Å². The van der Waals surface area contributed by atoms with Crippen LogP contribution >= 0.6 is 0 Å². The summed E-state index contributed by atoms with van der Waals surface area (Å²) < 4.78 is 0. The van der Waals surface area contributed by atoms with Gasteiger partial charge in [0.25, 0.3) is 0 Å². The predicted octanol–water partition coefficient (Wildman–Crippen LogP) is 6.23. The van der Waals surface area contributed by atoms with Crippen molar-refractivity contribution in [3.05, 3.63) is 35.4 Å². The molecular formula is C21H34NS+. The first kappa shape index (κ1) is 20.1. The van der Waals surface area contributed by atoms with Crippen molar-refractivity contribution in [1.82, 2.24) is 0 Å². The van der Waals surface area contributed by atoms with E-state index in [1.54, 1.807) is 0 Å². The molecule has 0 aliphatic heterocycles. The van der Waals surface area contributed by atoms with Gasteiger partial charge in [-0.05, 0) is 35.9 Å². The molecule has 2 heteroatoms. The molecule has 1 nitrogen and oxygen atoms in total. The van der Waals surface area contributed by atoms with Crippen molar-refractivity contribution >= 4 is 10.9 Å². The van der Waals surface area contributed by atoms with Crippen LogP contribution in [0.1, 0.15) is 82.3 Å². The quantitative estimate of drug-likeness (QED) is 0.310. The maximum Gasteiger partial charge on any atom is 0.132 e. The molecule has 1 aromatic rings. The average molecular weight is 333 g/mol. The fourth-order valence-electron chi connectivity index (χ4n) is 2.87. The summed E-state index contributed by atoms with van der Waals surface area (Å²) in [6, 6.07) is 10.3. The summed E-state index contributed by atoms with van der Waals surface area (Å²) in [5.41, 5.74) is 2.14. The topological polar surface area (TPSA) is 23.8 Å². The number of unbranched alkanes of at least 4 members (excludes halogenated alkanes) is 9. The highest BCUT2D eigenvalue weighted by atomic mass is 32.2. The molecule has 0 radical (unpaired) electrons. The minimum Gasteiger partial charge on any atom is -0.192 e. The molecule has 0 saturated carbocycles. The Bertz CT molecular complexity index is 432. The molecule has 0 N–H and O–H groups in total. The van der Waals surface area contributed by atoms with Crippen molar-refractivity contribution in [3.63, 3.8) is 0 Å². The molecule has 1 atom stereocenters. The molecule has 128 valence electrons. The van der Waals surface area contributed by atoms with Gasteiger partial charge in [-0.3, -0.25) is 0 Å². The Balaban J connectivity index is 1.97. The second kappa shape index (κ2) is 13.5. The van der Waals surface area contributed by atoms with Gasteiger partial charge in [0.1, 0.15) is 11.5 Å². The van der Waals surface area contributed by atoms with Crippen molar-refractivity contribution in [2.45, 2.75) is 76.9 Å². The number of benzene rings is 1. The molecule has 0 amide bonds. The van der Waals surface area contributed by atoms with Crippen LogP contribution < -0.4 is 0 Å². The Morgan fingerprint density at radius 2 is 1.35 bits per heavy atom. The first-order valence-electron chi connectivity index (χ1n) is 9.34. The smallest absolute Gasteiger partial charge is 0.132 e. The molecule has 1 rings (SSSR count). The molecule has 1 aromatic carbocycles. The minimum absolute atomic E-state index is 0.475. The van der Waals surface area contributed by atoms with Crippen LogP contribution in [0.4, 0.5) is 0 Å². The van der Waals surface area contributed by atoms with Gasteiger partial charge in [-0.15, -0.1) is 0 Å². The zero-order chi connectivity index (χ0) is 16.8. The van der Waals surface area contributed by atoms with Crippen LogP contribution in [0.25, 0.3) is 0 Å². The Hall–Kier alpha value is -0.940. The SMILES string of the molecule is CCCCCCCCCCCC[S+](C)Cc1ccc(C#N)cc1. The molecule has 0 fully saturated rings. The van der Waals surface area contributed by atoms with E-state index in [0.29, 0.717) is 10.9 Å². The minimum atomic E-state index is 0.475. The van der Waals surface area contributed by atoms with E-state index in [0.717, 1.165) is 5.56 Å². The van der Waals surface area contributed by atoms with Crippen molar-refractivity contribution in [2.24, 2.45) is 0 Å². The van der Waals surface area contributed by atoms with Crippen LogP contribution in [0, 0.1) is 11.3 Å². The number of rotatable bonds is 13. The zero-order valence-electron chi connectivity index (χ0n) is 15.2. The molecule has 0 aliphatic rings. The van der Waals surface area contributed by atoms with Crippen LogP contribution in [-0.4, -0.2) is 12.0 Å². The van der Waals surface area contributed by atoms with E-state index in [4.69, 9.17) is 5.26 Å². The van der Waals surface area contributed by atoms with Crippen LogP contribution in [0.15, 0.2) is 24.3 Å². The van der Waals surface area contributed by atoms with Gasteiger partial charge in [-0.25, -0.2) is 0 Å². The molecule has 0 saturated heterocycles. The highest BCUT2D eigenvalue weighted by molar-refractivity contribution is 7.95. The highest BCUT2D eigenvalue weighted by Crippen LogP contribution is 2.13. The average Bonchev–Trinajstić information content (AvgIpc) is 2.57. The van der Waals surface area contributed by atoms with Gasteiger partial charge >= 0.3 is 0 Å². The van der Waals surface area contributed by atoms with E-state index in [-0.39, 0.29) is 0 Å². The number of nitrogens with zero attached hydrogens (tertiary/aromatic N) is 1. The standard InChI is InChI=1S/C21H34NS/c1-3-4-5-6-7-8-9-10-11-12-17-23(2)19-21-15-13-20(18-22)14-16-21/h13-16H,3-12,17,19H2,1-2H3/q+1. The molecule has 0 aromatic heterocycles. The maximum atomic E-state index is 8.82. The summed E-state index contributed by atoms with van der Waals surface area (Å²) in [6.07, 6.45) is 16.5. The second-order valence-corrected chi connectivity index (χ2v) is 8.88.